The Labute approximate surface area is 109 Å². The third kappa shape index (κ3) is 2.88. The van der Waals surface area contributed by atoms with E-state index in [1.165, 1.54) is 18.9 Å². The van der Waals surface area contributed by atoms with E-state index in [4.69, 9.17) is 10.7 Å². The summed E-state index contributed by atoms with van der Waals surface area (Å²) in [5.74, 6) is 0.743. The lowest BCUT2D eigenvalue weighted by molar-refractivity contribution is 0.554. The minimum Gasteiger partial charge on any atom is -0.328 e. The standard InChI is InChI=1S/C9H12ClN5O2S/c1-2-3-15-8(11-6-13-15)4-14-5-9(12-7-14)18(10,16)17/h5-7H,2-4H2,1H3. The highest BCUT2D eigenvalue weighted by Crippen LogP contribution is 2.12. The van der Waals surface area contributed by atoms with E-state index in [1.54, 1.807) is 9.25 Å². The molecular formula is C9H12ClN5O2S. The maximum Gasteiger partial charge on any atom is 0.280 e. The minimum atomic E-state index is -3.78. The van der Waals surface area contributed by atoms with Crippen molar-refractivity contribution in [1.82, 2.24) is 24.3 Å². The maximum absolute atomic E-state index is 11.1. The molecule has 7 nitrogen and oxygen atoms in total. The van der Waals surface area contributed by atoms with Gasteiger partial charge in [0.15, 0.2) is 5.03 Å². The Morgan fingerprint density at radius 2 is 2.17 bits per heavy atom. The third-order valence-electron chi connectivity index (χ3n) is 2.31. The number of halogens is 1. The topological polar surface area (TPSA) is 82.7 Å². The number of hydrogen-bond acceptors (Lipinski definition) is 5. The first-order valence-electron chi connectivity index (χ1n) is 5.34. The van der Waals surface area contributed by atoms with Crippen LogP contribution in [-0.2, 0) is 22.1 Å². The summed E-state index contributed by atoms with van der Waals surface area (Å²) in [5.41, 5.74) is 0. The zero-order valence-corrected chi connectivity index (χ0v) is 11.3. The molecule has 0 saturated carbocycles. The highest BCUT2D eigenvalue weighted by molar-refractivity contribution is 8.13. The Hall–Kier alpha value is -1.41. The van der Waals surface area contributed by atoms with Gasteiger partial charge in [-0.3, -0.25) is 0 Å². The van der Waals surface area contributed by atoms with Crippen molar-refractivity contribution < 1.29 is 8.42 Å². The van der Waals surface area contributed by atoms with Gasteiger partial charge in [-0.1, -0.05) is 6.92 Å². The third-order valence-corrected chi connectivity index (χ3v) is 3.50. The number of rotatable bonds is 5. The zero-order valence-electron chi connectivity index (χ0n) is 9.69. The molecule has 0 aliphatic carbocycles. The molecule has 0 N–H and O–H groups in total. The molecule has 0 fully saturated rings. The summed E-state index contributed by atoms with van der Waals surface area (Å²) in [6.45, 7) is 3.21. The first-order chi connectivity index (χ1) is 8.50. The lowest BCUT2D eigenvalue weighted by atomic mass is 10.4. The van der Waals surface area contributed by atoms with Gasteiger partial charge in [0.05, 0.1) is 12.9 Å². The lowest BCUT2D eigenvalue weighted by Crippen LogP contribution is -2.09. The summed E-state index contributed by atoms with van der Waals surface area (Å²) in [6, 6.07) is 0. The van der Waals surface area contributed by atoms with Gasteiger partial charge in [0, 0.05) is 23.4 Å². The number of imidazole rings is 1. The highest BCUT2D eigenvalue weighted by Gasteiger charge is 2.14. The quantitative estimate of drug-likeness (QED) is 0.763. The average molecular weight is 290 g/mol. The molecule has 98 valence electrons. The van der Waals surface area contributed by atoms with Crippen LogP contribution in [0.25, 0.3) is 0 Å². The lowest BCUT2D eigenvalue weighted by Gasteiger charge is -2.04. The Morgan fingerprint density at radius 3 is 2.78 bits per heavy atom. The second kappa shape index (κ2) is 5.07. The Kier molecular flexibility index (Phi) is 3.67. The van der Waals surface area contributed by atoms with E-state index in [0.29, 0.717) is 6.54 Å². The van der Waals surface area contributed by atoms with Crippen LogP contribution in [0.2, 0.25) is 0 Å². The van der Waals surface area contributed by atoms with Gasteiger partial charge < -0.3 is 4.57 Å². The molecule has 0 atom stereocenters. The summed E-state index contributed by atoms with van der Waals surface area (Å²) in [4.78, 5) is 7.85. The van der Waals surface area contributed by atoms with Crippen molar-refractivity contribution in [3.05, 3.63) is 24.7 Å². The van der Waals surface area contributed by atoms with Crippen molar-refractivity contribution in [3.8, 4) is 0 Å². The van der Waals surface area contributed by atoms with Gasteiger partial charge in [-0.25, -0.2) is 23.1 Å². The van der Waals surface area contributed by atoms with Crippen LogP contribution in [0, 0.1) is 0 Å². The summed E-state index contributed by atoms with van der Waals surface area (Å²) < 4.78 is 25.5. The average Bonchev–Trinajstić information content (AvgIpc) is 2.89. The first-order valence-corrected chi connectivity index (χ1v) is 7.64. The largest absolute Gasteiger partial charge is 0.328 e. The summed E-state index contributed by atoms with van der Waals surface area (Å²) in [6.07, 6.45) is 5.19. The van der Waals surface area contributed by atoms with Gasteiger partial charge in [0.25, 0.3) is 9.05 Å². The molecule has 0 aliphatic heterocycles. The molecule has 0 amide bonds. The molecule has 0 aromatic carbocycles. The van der Waals surface area contributed by atoms with Crippen LogP contribution in [0.4, 0.5) is 0 Å². The van der Waals surface area contributed by atoms with Crippen LogP contribution in [0.1, 0.15) is 19.2 Å². The van der Waals surface area contributed by atoms with E-state index >= 15 is 0 Å². The van der Waals surface area contributed by atoms with E-state index in [0.717, 1.165) is 18.8 Å². The van der Waals surface area contributed by atoms with Crippen LogP contribution < -0.4 is 0 Å². The van der Waals surface area contributed by atoms with Gasteiger partial charge in [0.2, 0.25) is 0 Å². The fraction of sp³-hybridized carbons (Fsp3) is 0.444. The van der Waals surface area contributed by atoms with Crippen molar-refractivity contribution in [2.24, 2.45) is 0 Å². The minimum absolute atomic E-state index is 0.161. The van der Waals surface area contributed by atoms with Gasteiger partial charge >= 0.3 is 0 Å². The summed E-state index contributed by atoms with van der Waals surface area (Å²) >= 11 is 0. The number of aromatic nitrogens is 5. The molecule has 0 saturated heterocycles. The molecule has 0 unspecified atom stereocenters. The molecule has 0 aliphatic rings. The molecular weight excluding hydrogens is 278 g/mol. The van der Waals surface area contributed by atoms with E-state index < -0.39 is 9.05 Å². The van der Waals surface area contributed by atoms with Crippen LogP contribution >= 0.6 is 10.7 Å². The summed E-state index contributed by atoms with van der Waals surface area (Å²) in [7, 11) is 1.41. The normalized spacial score (nSPS) is 11.9. The predicted octanol–water partition coefficient (Wildman–Crippen LogP) is 0.860. The molecule has 2 heterocycles. The second-order valence-electron chi connectivity index (χ2n) is 3.72. The van der Waals surface area contributed by atoms with Gasteiger partial charge in [-0.2, -0.15) is 5.10 Å². The fourth-order valence-electron chi connectivity index (χ4n) is 1.52. The van der Waals surface area contributed by atoms with Gasteiger partial charge in [-0.15, -0.1) is 0 Å². The van der Waals surface area contributed by atoms with Crippen LogP contribution in [0.15, 0.2) is 23.9 Å². The molecule has 0 spiro atoms. The van der Waals surface area contributed by atoms with Crippen molar-refractivity contribution in [1.29, 1.82) is 0 Å². The molecule has 0 bridgehead atoms. The molecule has 9 heteroatoms. The molecule has 2 rings (SSSR count). The van der Waals surface area contributed by atoms with Crippen molar-refractivity contribution in [2.45, 2.75) is 31.5 Å². The Bertz CT molecular complexity index is 633. The van der Waals surface area contributed by atoms with E-state index in [2.05, 4.69) is 15.1 Å². The Balaban J connectivity index is 2.19. The fourth-order valence-corrected chi connectivity index (χ4v) is 2.20. The smallest absolute Gasteiger partial charge is 0.280 e. The van der Waals surface area contributed by atoms with E-state index in [9.17, 15) is 8.42 Å². The van der Waals surface area contributed by atoms with Gasteiger partial charge in [-0.05, 0) is 6.42 Å². The number of nitrogens with zero attached hydrogens (tertiary/aromatic N) is 5. The van der Waals surface area contributed by atoms with Crippen molar-refractivity contribution in [2.75, 3.05) is 0 Å². The SMILES string of the molecule is CCCn1ncnc1Cn1cnc(S(=O)(=O)Cl)c1. The zero-order chi connectivity index (χ0) is 13.2. The molecule has 0 radical (unpaired) electrons. The summed E-state index contributed by atoms with van der Waals surface area (Å²) in [5, 5.41) is 3.92. The predicted molar refractivity (Wildman–Crippen MR) is 64.7 cm³/mol. The van der Waals surface area contributed by atoms with Crippen LogP contribution in [-0.4, -0.2) is 32.7 Å². The number of hydrogen-bond donors (Lipinski definition) is 0. The van der Waals surface area contributed by atoms with E-state index in [-0.39, 0.29) is 5.03 Å². The van der Waals surface area contributed by atoms with Crippen molar-refractivity contribution >= 4 is 19.7 Å². The van der Waals surface area contributed by atoms with E-state index in [1.807, 2.05) is 6.92 Å². The molecule has 18 heavy (non-hydrogen) atoms. The second-order valence-corrected chi connectivity index (χ2v) is 6.23. The van der Waals surface area contributed by atoms with Crippen molar-refractivity contribution in [3.63, 3.8) is 0 Å². The molecule has 2 aromatic heterocycles. The highest BCUT2D eigenvalue weighted by atomic mass is 35.7. The Morgan fingerprint density at radius 1 is 1.39 bits per heavy atom. The molecule has 2 aromatic rings. The number of aryl methyl sites for hydroxylation is 1. The maximum atomic E-state index is 11.1. The van der Waals surface area contributed by atoms with Crippen LogP contribution in [0.3, 0.4) is 0 Å². The first kappa shape index (κ1) is 13.0. The van der Waals surface area contributed by atoms with Gasteiger partial charge in [0.1, 0.15) is 12.2 Å². The van der Waals surface area contributed by atoms with Crippen LogP contribution in [0.5, 0.6) is 0 Å². The monoisotopic (exact) mass is 289 g/mol.